The van der Waals surface area contributed by atoms with Crippen LogP contribution in [0.3, 0.4) is 0 Å². The molecule has 0 unspecified atom stereocenters. The first-order chi connectivity index (χ1) is 8.06. The summed E-state index contributed by atoms with van der Waals surface area (Å²) in [5.74, 6) is -2.36. The number of nitrogens with zero attached hydrogens (tertiary/aromatic N) is 3. The summed E-state index contributed by atoms with van der Waals surface area (Å²) in [5.41, 5.74) is 5.96. The van der Waals surface area contributed by atoms with Gasteiger partial charge in [0, 0.05) is 12.7 Å². The number of aliphatic carboxylic acids is 1. The highest BCUT2D eigenvalue weighted by molar-refractivity contribution is 6.34. The van der Waals surface area contributed by atoms with E-state index in [9.17, 15) is 9.59 Å². The second-order valence-corrected chi connectivity index (χ2v) is 4.00. The number of amides is 1. The van der Waals surface area contributed by atoms with Crippen molar-refractivity contribution in [1.29, 1.82) is 0 Å². The van der Waals surface area contributed by atoms with Crippen molar-refractivity contribution in [2.45, 2.75) is 19.4 Å². The van der Waals surface area contributed by atoms with Crippen LogP contribution in [0.4, 0.5) is 0 Å². The highest BCUT2D eigenvalue weighted by Crippen LogP contribution is 2.30. The number of carboxylic acid groups (broad SMARTS) is 1. The van der Waals surface area contributed by atoms with Crippen molar-refractivity contribution >= 4 is 17.7 Å². The fourth-order valence-corrected chi connectivity index (χ4v) is 1.38. The highest BCUT2D eigenvalue weighted by atomic mass is 16.4. The van der Waals surface area contributed by atoms with Crippen molar-refractivity contribution in [2.75, 3.05) is 0 Å². The molecule has 0 spiro atoms. The number of amidine groups is 1. The Bertz CT molecular complexity index is 487. The molecule has 17 heavy (non-hydrogen) atoms. The number of carbonyl (C=O) groups excluding carboxylic acids is 1. The van der Waals surface area contributed by atoms with E-state index in [1.807, 2.05) is 0 Å². The van der Waals surface area contributed by atoms with Crippen LogP contribution >= 0.6 is 0 Å². The number of rotatable bonds is 3. The third-order valence-electron chi connectivity index (χ3n) is 2.48. The average molecular weight is 236 g/mol. The first-order valence-electron chi connectivity index (χ1n) is 5.20. The molecule has 0 radical (unpaired) electrons. The Morgan fingerprint density at radius 2 is 2.29 bits per heavy atom. The molecule has 1 aliphatic carbocycles. The number of aromatic nitrogens is 2. The van der Waals surface area contributed by atoms with E-state index in [0.717, 1.165) is 6.54 Å². The standard InChI is InChI=1S/C10H12N4O3/c11-8(13-9(15)10(16)17)7-3-12-14(5-7)4-6-1-2-6/h3,5-6H,1-2,4H2,(H,16,17)(H2,11,13,15). The lowest BCUT2D eigenvalue weighted by atomic mass is 10.3. The number of carbonyl (C=O) groups is 2. The molecule has 3 N–H and O–H groups in total. The molecule has 0 saturated heterocycles. The Labute approximate surface area is 96.9 Å². The van der Waals surface area contributed by atoms with Gasteiger partial charge in [0.1, 0.15) is 5.84 Å². The van der Waals surface area contributed by atoms with E-state index < -0.39 is 11.9 Å². The molecule has 1 aromatic heterocycles. The zero-order chi connectivity index (χ0) is 12.4. The smallest absolute Gasteiger partial charge is 0.396 e. The molecule has 0 atom stereocenters. The van der Waals surface area contributed by atoms with Crippen LogP contribution in [0.15, 0.2) is 17.4 Å². The Kier molecular flexibility index (Phi) is 2.90. The second kappa shape index (κ2) is 4.36. The lowest BCUT2D eigenvalue weighted by Gasteiger charge is -1.97. The third kappa shape index (κ3) is 2.90. The predicted octanol–water partition coefficient (Wildman–Crippen LogP) is -0.390. The summed E-state index contributed by atoms with van der Waals surface area (Å²) in [5, 5.41) is 12.4. The summed E-state index contributed by atoms with van der Waals surface area (Å²) < 4.78 is 1.72. The minimum absolute atomic E-state index is 0.126. The topological polar surface area (TPSA) is 111 Å². The van der Waals surface area contributed by atoms with E-state index in [4.69, 9.17) is 10.8 Å². The van der Waals surface area contributed by atoms with Crippen molar-refractivity contribution in [3.8, 4) is 0 Å². The minimum Gasteiger partial charge on any atom is -0.474 e. The van der Waals surface area contributed by atoms with Gasteiger partial charge in [-0.05, 0) is 18.8 Å². The van der Waals surface area contributed by atoms with Gasteiger partial charge in [0.05, 0.1) is 11.8 Å². The SMILES string of the molecule is NC(=NC(=O)C(=O)O)c1cnn(CC2CC2)c1. The fourth-order valence-electron chi connectivity index (χ4n) is 1.38. The molecule has 90 valence electrons. The number of hydrogen-bond donors (Lipinski definition) is 2. The molecule has 7 heteroatoms. The van der Waals surface area contributed by atoms with Gasteiger partial charge in [0.2, 0.25) is 0 Å². The van der Waals surface area contributed by atoms with Crippen LogP contribution in [0.25, 0.3) is 0 Å². The van der Waals surface area contributed by atoms with Crippen LogP contribution in [0, 0.1) is 5.92 Å². The van der Waals surface area contributed by atoms with Gasteiger partial charge in [-0.15, -0.1) is 0 Å². The van der Waals surface area contributed by atoms with Crippen LogP contribution < -0.4 is 5.73 Å². The zero-order valence-electron chi connectivity index (χ0n) is 9.04. The summed E-state index contributed by atoms with van der Waals surface area (Å²) >= 11 is 0. The predicted molar refractivity (Wildman–Crippen MR) is 58.3 cm³/mol. The van der Waals surface area contributed by atoms with Crippen molar-refractivity contribution in [2.24, 2.45) is 16.6 Å². The zero-order valence-corrected chi connectivity index (χ0v) is 9.04. The van der Waals surface area contributed by atoms with Crippen molar-refractivity contribution in [3.63, 3.8) is 0 Å². The molecule has 1 saturated carbocycles. The summed E-state index contributed by atoms with van der Waals surface area (Å²) in [6.07, 6.45) is 5.54. The van der Waals surface area contributed by atoms with Gasteiger partial charge in [-0.2, -0.15) is 10.1 Å². The van der Waals surface area contributed by atoms with E-state index in [0.29, 0.717) is 11.5 Å². The lowest BCUT2D eigenvalue weighted by Crippen LogP contribution is -2.19. The maximum Gasteiger partial charge on any atom is 0.396 e. The first kappa shape index (κ1) is 11.3. The van der Waals surface area contributed by atoms with Crippen LogP contribution in [0.2, 0.25) is 0 Å². The lowest BCUT2D eigenvalue weighted by molar-refractivity contribution is -0.148. The normalized spacial score (nSPS) is 15.9. The van der Waals surface area contributed by atoms with Crippen molar-refractivity contribution in [1.82, 2.24) is 9.78 Å². The highest BCUT2D eigenvalue weighted by Gasteiger charge is 2.22. The Hall–Kier alpha value is -2.18. The van der Waals surface area contributed by atoms with Gasteiger partial charge in [-0.1, -0.05) is 0 Å². The first-order valence-corrected chi connectivity index (χ1v) is 5.20. The number of aliphatic imine (C=N–C) groups is 1. The van der Waals surface area contributed by atoms with E-state index in [1.165, 1.54) is 19.0 Å². The number of hydrogen-bond acceptors (Lipinski definition) is 3. The largest absolute Gasteiger partial charge is 0.474 e. The molecule has 1 fully saturated rings. The van der Waals surface area contributed by atoms with E-state index in [-0.39, 0.29) is 5.84 Å². The molecule has 0 aliphatic heterocycles. The molecule has 1 aliphatic rings. The van der Waals surface area contributed by atoms with Gasteiger partial charge < -0.3 is 10.8 Å². The van der Waals surface area contributed by atoms with Crippen molar-refractivity contribution < 1.29 is 14.7 Å². The maximum atomic E-state index is 10.8. The molecule has 0 aromatic carbocycles. The number of carboxylic acids is 1. The second-order valence-electron chi connectivity index (χ2n) is 4.00. The van der Waals surface area contributed by atoms with Crippen molar-refractivity contribution in [3.05, 3.63) is 18.0 Å². The summed E-state index contributed by atoms with van der Waals surface area (Å²) in [6.45, 7) is 0.820. The quantitative estimate of drug-likeness (QED) is 0.422. The minimum atomic E-state index is -1.63. The molecular weight excluding hydrogens is 224 g/mol. The Morgan fingerprint density at radius 1 is 1.59 bits per heavy atom. The van der Waals surface area contributed by atoms with Gasteiger partial charge >= 0.3 is 11.9 Å². The van der Waals surface area contributed by atoms with Gasteiger partial charge in [0.25, 0.3) is 0 Å². The third-order valence-corrected chi connectivity index (χ3v) is 2.48. The van der Waals surface area contributed by atoms with Gasteiger partial charge in [-0.3, -0.25) is 9.48 Å². The van der Waals surface area contributed by atoms with Crippen LogP contribution in [-0.4, -0.2) is 32.6 Å². The Balaban J connectivity index is 2.07. The van der Waals surface area contributed by atoms with E-state index in [2.05, 4.69) is 10.1 Å². The van der Waals surface area contributed by atoms with E-state index >= 15 is 0 Å². The summed E-state index contributed by atoms with van der Waals surface area (Å²) in [4.78, 5) is 24.4. The molecule has 7 nitrogen and oxygen atoms in total. The van der Waals surface area contributed by atoms with Crippen LogP contribution in [0.5, 0.6) is 0 Å². The molecule has 2 rings (SSSR count). The summed E-state index contributed by atoms with van der Waals surface area (Å²) in [7, 11) is 0. The molecular formula is C10H12N4O3. The Morgan fingerprint density at radius 3 is 2.88 bits per heavy atom. The van der Waals surface area contributed by atoms with Crippen LogP contribution in [0.1, 0.15) is 18.4 Å². The van der Waals surface area contributed by atoms with Gasteiger partial charge in [-0.25, -0.2) is 4.79 Å². The maximum absolute atomic E-state index is 10.8. The van der Waals surface area contributed by atoms with Gasteiger partial charge in [0.15, 0.2) is 0 Å². The van der Waals surface area contributed by atoms with E-state index in [1.54, 1.807) is 10.9 Å². The monoisotopic (exact) mass is 236 g/mol. The fraction of sp³-hybridized carbons (Fsp3) is 0.400. The molecule has 0 bridgehead atoms. The average Bonchev–Trinajstić information content (AvgIpc) is 2.94. The van der Waals surface area contributed by atoms with Crippen LogP contribution in [-0.2, 0) is 16.1 Å². The molecule has 1 aromatic rings. The number of nitrogens with two attached hydrogens (primary N) is 1. The molecule has 1 heterocycles. The summed E-state index contributed by atoms with van der Waals surface area (Å²) in [6, 6.07) is 0. The molecule has 1 amide bonds.